The lowest BCUT2D eigenvalue weighted by molar-refractivity contribution is -0.0560. The van der Waals surface area contributed by atoms with Crippen molar-refractivity contribution in [1.29, 1.82) is 0 Å². The van der Waals surface area contributed by atoms with Gasteiger partial charge in [0.1, 0.15) is 0 Å². The number of nitrogens with zero attached hydrogens (tertiary/aromatic N) is 1. The van der Waals surface area contributed by atoms with E-state index in [0.717, 1.165) is 10.6 Å². The molecule has 1 amide bonds. The first-order valence-electron chi connectivity index (χ1n) is 6.88. The molecule has 0 saturated carbocycles. The van der Waals surface area contributed by atoms with E-state index in [1.54, 1.807) is 4.90 Å². The summed E-state index contributed by atoms with van der Waals surface area (Å²) in [7, 11) is 0. The smallest absolute Gasteiger partial charge is 0.409 e. The minimum absolute atomic E-state index is 0.148. The maximum atomic E-state index is 11.9. The van der Waals surface area contributed by atoms with E-state index < -0.39 is 0 Å². The Balaban J connectivity index is 1.92. The van der Waals surface area contributed by atoms with Gasteiger partial charge in [0.2, 0.25) is 0 Å². The Morgan fingerprint density at radius 1 is 1.60 bits per heavy atom. The zero-order valence-corrected chi connectivity index (χ0v) is 12.4. The van der Waals surface area contributed by atoms with Crippen LogP contribution in [0, 0.1) is 0 Å². The van der Waals surface area contributed by atoms with Crippen molar-refractivity contribution in [2.75, 3.05) is 19.7 Å². The molecule has 1 aromatic carbocycles. The second-order valence-electron chi connectivity index (χ2n) is 5.54. The Labute approximate surface area is 123 Å². The van der Waals surface area contributed by atoms with E-state index in [4.69, 9.17) is 21.1 Å². The number of benzene rings is 1. The standard InChI is InChI=1S/C15H18ClNO3/c1-3-19-14(18)17-7-12-10-5-4-6-13(16)11(10)8-20-15(12,2)9-17/h4-6,12H,3,7-9H2,1-2H3/t12-,15-/m0/s1. The summed E-state index contributed by atoms with van der Waals surface area (Å²) in [5.74, 6) is 0.148. The van der Waals surface area contributed by atoms with Crippen LogP contribution in [0.3, 0.4) is 0 Å². The number of fused-ring (bicyclic) bond motifs is 3. The molecule has 0 N–H and O–H groups in total. The molecular weight excluding hydrogens is 278 g/mol. The monoisotopic (exact) mass is 295 g/mol. The zero-order valence-electron chi connectivity index (χ0n) is 11.7. The minimum Gasteiger partial charge on any atom is -0.450 e. The van der Waals surface area contributed by atoms with Gasteiger partial charge in [-0.25, -0.2) is 4.79 Å². The Morgan fingerprint density at radius 2 is 2.40 bits per heavy atom. The van der Waals surface area contributed by atoms with E-state index >= 15 is 0 Å². The summed E-state index contributed by atoms with van der Waals surface area (Å²) in [6.45, 7) is 5.93. The van der Waals surface area contributed by atoms with Crippen molar-refractivity contribution in [3.63, 3.8) is 0 Å². The molecule has 3 rings (SSSR count). The molecule has 1 fully saturated rings. The minimum atomic E-state index is -0.357. The molecule has 20 heavy (non-hydrogen) atoms. The molecular formula is C15H18ClNO3. The molecule has 0 bridgehead atoms. The first-order chi connectivity index (χ1) is 9.55. The fraction of sp³-hybridized carbons (Fsp3) is 0.533. The van der Waals surface area contributed by atoms with Crippen LogP contribution in [0.15, 0.2) is 18.2 Å². The van der Waals surface area contributed by atoms with Crippen LogP contribution in [0.1, 0.15) is 30.9 Å². The van der Waals surface area contributed by atoms with Crippen LogP contribution >= 0.6 is 11.6 Å². The summed E-state index contributed by atoms with van der Waals surface area (Å²) in [6, 6.07) is 5.92. The number of hydrogen-bond acceptors (Lipinski definition) is 3. The third-order valence-electron chi connectivity index (χ3n) is 4.25. The first-order valence-corrected chi connectivity index (χ1v) is 7.26. The highest BCUT2D eigenvalue weighted by Crippen LogP contribution is 2.45. The fourth-order valence-corrected chi connectivity index (χ4v) is 3.42. The Kier molecular flexibility index (Phi) is 3.38. The topological polar surface area (TPSA) is 38.8 Å². The van der Waals surface area contributed by atoms with E-state index in [1.807, 2.05) is 19.1 Å². The fourth-order valence-electron chi connectivity index (χ4n) is 3.19. The summed E-state index contributed by atoms with van der Waals surface area (Å²) in [4.78, 5) is 13.7. The van der Waals surface area contributed by atoms with E-state index in [2.05, 4.69) is 13.0 Å². The molecule has 1 aromatic rings. The number of hydrogen-bond donors (Lipinski definition) is 0. The quantitative estimate of drug-likeness (QED) is 0.799. The second kappa shape index (κ2) is 4.93. The Bertz CT molecular complexity index is 548. The SMILES string of the molecule is CCOC(=O)N1C[C@H]2c3cccc(Cl)c3CO[C@@]2(C)C1. The highest BCUT2D eigenvalue weighted by atomic mass is 35.5. The number of ether oxygens (including phenoxy) is 2. The average molecular weight is 296 g/mol. The average Bonchev–Trinajstić information content (AvgIpc) is 2.77. The summed E-state index contributed by atoms with van der Waals surface area (Å²) < 4.78 is 11.1. The van der Waals surface area contributed by atoms with Gasteiger partial charge >= 0.3 is 6.09 Å². The van der Waals surface area contributed by atoms with Crippen molar-refractivity contribution in [2.24, 2.45) is 0 Å². The molecule has 2 atom stereocenters. The van der Waals surface area contributed by atoms with Crippen LogP contribution in [0.2, 0.25) is 5.02 Å². The molecule has 108 valence electrons. The Hall–Kier alpha value is -1.26. The summed E-state index contributed by atoms with van der Waals surface area (Å²) in [5.41, 5.74) is 1.88. The predicted molar refractivity (Wildman–Crippen MR) is 76.0 cm³/mol. The number of carbonyl (C=O) groups excluding carboxylic acids is 1. The molecule has 2 aliphatic rings. The highest BCUT2D eigenvalue weighted by molar-refractivity contribution is 6.31. The molecule has 0 aliphatic carbocycles. The van der Waals surface area contributed by atoms with Crippen LogP contribution in [0.25, 0.3) is 0 Å². The molecule has 0 unspecified atom stereocenters. The normalized spacial score (nSPS) is 27.9. The molecule has 2 heterocycles. The molecule has 5 heteroatoms. The van der Waals surface area contributed by atoms with E-state index in [-0.39, 0.29) is 17.6 Å². The molecule has 0 spiro atoms. The molecule has 0 aromatic heterocycles. The van der Waals surface area contributed by atoms with E-state index in [0.29, 0.717) is 26.3 Å². The van der Waals surface area contributed by atoms with Crippen molar-refractivity contribution in [1.82, 2.24) is 4.90 Å². The molecule has 1 saturated heterocycles. The maximum absolute atomic E-state index is 11.9. The number of likely N-dealkylation sites (tertiary alicyclic amines) is 1. The lowest BCUT2D eigenvalue weighted by atomic mass is 9.81. The van der Waals surface area contributed by atoms with Gasteiger partial charge in [0.05, 0.1) is 25.4 Å². The summed E-state index contributed by atoms with van der Waals surface area (Å²) in [5, 5.41) is 0.735. The molecule has 2 aliphatic heterocycles. The molecule has 4 nitrogen and oxygen atoms in total. The van der Waals surface area contributed by atoms with Crippen LogP contribution in [-0.4, -0.2) is 36.3 Å². The van der Waals surface area contributed by atoms with Crippen LogP contribution in [0.5, 0.6) is 0 Å². The number of rotatable bonds is 1. The van der Waals surface area contributed by atoms with Crippen LogP contribution < -0.4 is 0 Å². The van der Waals surface area contributed by atoms with Crippen molar-refractivity contribution < 1.29 is 14.3 Å². The largest absolute Gasteiger partial charge is 0.450 e. The van der Waals surface area contributed by atoms with Gasteiger partial charge in [0.15, 0.2) is 0 Å². The van der Waals surface area contributed by atoms with Crippen LogP contribution in [-0.2, 0) is 16.1 Å². The summed E-state index contributed by atoms with van der Waals surface area (Å²) >= 11 is 6.24. The van der Waals surface area contributed by atoms with Crippen molar-refractivity contribution in [3.05, 3.63) is 34.3 Å². The van der Waals surface area contributed by atoms with Gasteiger partial charge in [-0.1, -0.05) is 23.7 Å². The van der Waals surface area contributed by atoms with Gasteiger partial charge in [-0.2, -0.15) is 0 Å². The number of carbonyl (C=O) groups is 1. The lowest BCUT2D eigenvalue weighted by Gasteiger charge is -2.36. The predicted octanol–water partition coefficient (Wildman–Crippen LogP) is 3.18. The summed E-state index contributed by atoms with van der Waals surface area (Å²) in [6.07, 6.45) is -0.268. The van der Waals surface area contributed by atoms with Gasteiger partial charge < -0.3 is 14.4 Å². The number of halogens is 1. The second-order valence-corrected chi connectivity index (χ2v) is 5.95. The van der Waals surface area contributed by atoms with Crippen LogP contribution in [0.4, 0.5) is 4.79 Å². The van der Waals surface area contributed by atoms with E-state index in [1.165, 1.54) is 5.56 Å². The zero-order chi connectivity index (χ0) is 14.3. The van der Waals surface area contributed by atoms with Gasteiger partial charge in [0.25, 0.3) is 0 Å². The maximum Gasteiger partial charge on any atom is 0.409 e. The third-order valence-corrected chi connectivity index (χ3v) is 4.60. The third kappa shape index (κ3) is 2.07. The van der Waals surface area contributed by atoms with Gasteiger partial charge in [-0.05, 0) is 25.5 Å². The van der Waals surface area contributed by atoms with E-state index in [9.17, 15) is 4.79 Å². The van der Waals surface area contributed by atoms with Crippen molar-refractivity contribution in [2.45, 2.75) is 32.0 Å². The van der Waals surface area contributed by atoms with Crippen molar-refractivity contribution >= 4 is 17.7 Å². The highest BCUT2D eigenvalue weighted by Gasteiger charge is 2.49. The van der Waals surface area contributed by atoms with Gasteiger partial charge in [-0.15, -0.1) is 0 Å². The first kappa shape index (κ1) is 13.7. The molecule has 0 radical (unpaired) electrons. The van der Waals surface area contributed by atoms with Gasteiger partial charge in [-0.3, -0.25) is 0 Å². The number of amides is 1. The Morgan fingerprint density at radius 3 is 3.15 bits per heavy atom. The van der Waals surface area contributed by atoms with Crippen molar-refractivity contribution in [3.8, 4) is 0 Å². The lowest BCUT2D eigenvalue weighted by Crippen LogP contribution is -2.40. The van der Waals surface area contributed by atoms with Gasteiger partial charge in [0, 0.05) is 23.0 Å².